The van der Waals surface area contributed by atoms with Gasteiger partial charge in [-0.05, 0) is 19.4 Å². The van der Waals surface area contributed by atoms with Crippen LogP contribution in [0, 0.1) is 10.1 Å². The number of hydrogen-bond acceptors (Lipinski definition) is 4. The minimum atomic E-state index is -0.434. The van der Waals surface area contributed by atoms with Crippen LogP contribution in [0.4, 0.5) is 5.69 Å². The lowest BCUT2D eigenvalue weighted by atomic mass is 10.2. The molecule has 0 saturated carbocycles. The first-order valence-electron chi connectivity index (χ1n) is 8.54. The van der Waals surface area contributed by atoms with Gasteiger partial charge in [0.1, 0.15) is 0 Å². The van der Waals surface area contributed by atoms with E-state index in [4.69, 9.17) is 0 Å². The molecule has 1 aromatic carbocycles. The van der Waals surface area contributed by atoms with Crippen molar-refractivity contribution in [3.05, 3.63) is 52.6 Å². The fraction of sp³-hybridized carbons (Fsp3) is 0.444. The summed E-state index contributed by atoms with van der Waals surface area (Å²) in [4.78, 5) is 30.6. The second-order valence-electron chi connectivity index (χ2n) is 5.66. The molecule has 0 unspecified atom stereocenters. The van der Waals surface area contributed by atoms with E-state index >= 15 is 0 Å². The molecule has 0 aliphatic carbocycles. The smallest absolute Gasteiger partial charge is 0.269 e. The third-order valence-electron chi connectivity index (χ3n) is 3.81. The summed E-state index contributed by atoms with van der Waals surface area (Å²) in [5.41, 5.74) is 0.890. The number of aliphatic imine (C=N–C) groups is 1. The van der Waals surface area contributed by atoms with Crippen LogP contribution in [0.1, 0.15) is 19.4 Å². The number of nitrogens with zero attached hydrogens (tertiary/aromatic N) is 4. The predicted octanol–water partition coefficient (Wildman–Crippen LogP) is 2.03. The number of carbonyl (C=O) groups excluding carboxylic acids is 1. The van der Waals surface area contributed by atoms with Gasteiger partial charge < -0.3 is 15.1 Å². The molecule has 1 N–H and O–H groups in total. The first kappa shape index (κ1) is 21.1. The van der Waals surface area contributed by atoms with E-state index in [9.17, 15) is 14.9 Å². The zero-order valence-electron chi connectivity index (χ0n) is 15.6. The van der Waals surface area contributed by atoms with E-state index in [-0.39, 0.29) is 18.1 Å². The molecule has 0 heterocycles. The summed E-state index contributed by atoms with van der Waals surface area (Å²) in [6.07, 6.45) is 1.71. The zero-order chi connectivity index (χ0) is 19.5. The van der Waals surface area contributed by atoms with E-state index in [0.717, 1.165) is 5.56 Å². The maximum Gasteiger partial charge on any atom is 0.269 e. The molecule has 142 valence electrons. The Kier molecular flexibility index (Phi) is 8.83. The molecule has 1 aromatic rings. The van der Waals surface area contributed by atoms with Crippen LogP contribution in [-0.4, -0.2) is 59.8 Å². The maximum atomic E-state index is 12.3. The summed E-state index contributed by atoms with van der Waals surface area (Å²) < 4.78 is 0. The van der Waals surface area contributed by atoms with E-state index in [0.29, 0.717) is 32.1 Å². The molecular formula is C18H27N5O3. The van der Waals surface area contributed by atoms with Crippen LogP contribution < -0.4 is 5.32 Å². The molecule has 8 nitrogen and oxygen atoms in total. The lowest BCUT2D eigenvalue weighted by Gasteiger charge is -2.25. The summed E-state index contributed by atoms with van der Waals surface area (Å²) in [5.74, 6) is 0.602. The highest BCUT2D eigenvalue weighted by Crippen LogP contribution is 2.12. The Labute approximate surface area is 154 Å². The molecule has 8 heteroatoms. The number of carbonyl (C=O) groups is 1. The van der Waals surface area contributed by atoms with Gasteiger partial charge in [0.2, 0.25) is 5.91 Å². The molecule has 1 rings (SSSR count). The van der Waals surface area contributed by atoms with Gasteiger partial charge in [-0.25, -0.2) is 4.99 Å². The van der Waals surface area contributed by atoms with Gasteiger partial charge in [0, 0.05) is 38.8 Å². The second kappa shape index (κ2) is 10.9. The monoisotopic (exact) mass is 361 g/mol. The number of non-ortho nitro benzene ring substituents is 1. The third kappa shape index (κ3) is 6.54. The number of hydrogen-bond donors (Lipinski definition) is 1. The van der Waals surface area contributed by atoms with Crippen LogP contribution >= 0.6 is 0 Å². The number of nitro groups is 1. The van der Waals surface area contributed by atoms with Crippen molar-refractivity contribution in [3.8, 4) is 0 Å². The van der Waals surface area contributed by atoms with Crippen LogP contribution in [-0.2, 0) is 11.3 Å². The lowest BCUT2D eigenvalue weighted by Crippen LogP contribution is -2.45. The van der Waals surface area contributed by atoms with Gasteiger partial charge in [-0.2, -0.15) is 0 Å². The van der Waals surface area contributed by atoms with Gasteiger partial charge >= 0.3 is 0 Å². The SMILES string of the molecule is C=CCNC(=NCc1ccc([N+](=O)[O-])cc1)N(C)CC(=O)N(CC)CC. The highest BCUT2D eigenvalue weighted by Gasteiger charge is 2.15. The van der Waals surface area contributed by atoms with Gasteiger partial charge in [0.05, 0.1) is 18.0 Å². The van der Waals surface area contributed by atoms with Crippen LogP contribution in [0.3, 0.4) is 0 Å². The van der Waals surface area contributed by atoms with Gasteiger partial charge in [0.25, 0.3) is 5.69 Å². The molecule has 0 atom stereocenters. The molecule has 0 saturated heterocycles. The minimum Gasteiger partial charge on any atom is -0.353 e. The van der Waals surface area contributed by atoms with E-state index in [2.05, 4.69) is 16.9 Å². The van der Waals surface area contributed by atoms with Gasteiger partial charge in [-0.15, -0.1) is 6.58 Å². The van der Waals surface area contributed by atoms with Crippen LogP contribution in [0.15, 0.2) is 41.9 Å². The summed E-state index contributed by atoms with van der Waals surface area (Å²) in [5, 5.41) is 13.8. The molecule has 1 amide bonds. The third-order valence-corrected chi connectivity index (χ3v) is 3.81. The Morgan fingerprint density at radius 3 is 2.42 bits per heavy atom. The number of benzene rings is 1. The quantitative estimate of drug-likeness (QED) is 0.239. The average molecular weight is 361 g/mol. The van der Waals surface area contributed by atoms with Gasteiger partial charge in [0.15, 0.2) is 5.96 Å². The highest BCUT2D eigenvalue weighted by molar-refractivity contribution is 5.86. The molecule has 0 radical (unpaired) electrons. The molecule has 0 aliphatic heterocycles. The van der Waals surface area contributed by atoms with Crippen molar-refractivity contribution in [2.75, 3.05) is 33.2 Å². The normalized spacial score (nSPS) is 11.0. The number of guanidine groups is 1. The molecule has 0 aliphatic rings. The van der Waals surface area contributed by atoms with E-state index < -0.39 is 4.92 Å². The predicted molar refractivity (Wildman–Crippen MR) is 103 cm³/mol. The first-order chi connectivity index (χ1) is 12.4. The Hall–Kier alpha value is -2.90. The molecule has 0 aromatic heterocycles. The van der Waals surface area contributed by atoms with Crippen molar-refractivity contribution in [3.63, 3.8) is 0 Å². The fourth-order valence-electron chi connectivity index (χ4n) is 2.32. The standard InChI is InChI=1S/C18H27N5O3/c1-5-12-19-18(21(4)14-17(24)22(6-2)7-3)20-13-15-8-10-16(11-9-15)23(25)26/h5,8-11H,1,6-7,12-14H2,2-4H3,(H,19,20). The van der Waals surface area contributed by atoms with Crippen LogP contribution in [0.2, 0.25) is 0 Å². The van der Waals surface area contributed by atoms with Crippen molar-refractivity contribution in [2.24, 2.45) is 4.99 Å². The Morgan fingerprint density at radius 2 is 1.92 bits per heavy atom. The summed E-state index contributed by atoms with van der Waals surface area (Å²) in [6, 6.07) is 6.26. The van der Waals surface area contributed by atoms with Crippen molar-refractivity contribution < 1.29 is 9.72 Å². The lowest BCUT2D eigenvalue weighted by molar-refractivity contribution is -0.384. The number of nitrogens with one attached hydrogen (secondary N) is 1. The average Bonchev–Trinajstić information content (AvgIpc) is 2.63. The first-order valence-corrected chi connectivity index (χ1v) is 8.54. The molecule has 0 fully saturated rings. The van der Waals surface area contributed by atoms with Crippen molar-refractivity contribution in [2.45, 2.75) is 20.4 Å². The molecule has 0 spiro atoms. The van der Waals surface area contributed by atoms with Gasteiger partial charge in [-0.3, -0.25) is 14.9 Å². The molecular weight excluding hydrogens is 334 g/mol. The van der Waals surface area contributed by atoms with Crippen LogP contribution in [0.25, 0.3) is 0 Å². The zero-order valence-corrected chi connectivity index (χ0v) is 15.6. The maximum absolute atomic E-state index is 12.3. The summed E-state index contributed by atoms with van der Waals surface area (Å²) in [6.45, 7) is 9.98. The van der Waals surface area contributed by atoms with Gasteiger partial charge in [-0.1, -0.05) is 18.2 Å². The summed E-state index contributed by atoms with van der Waals surface area (Å²) >= 11 is 0. The fourth-order valence-corrected chi connectivity index (χ4v) is 2.32. The van der Waals surface area contributed by atoms with Crippen molar-refractivity contribution in [1.29, 1.82) is 0 Å². The second-order valence-corrected chi connectivity index (χ2v) is 5.66. The Bertz CT molecular complexity index is 639. The van der Waals surface area contributed by atoms with E-state index in [1.54, 1.807) is 35.1 Å². The summed E-state index contributed by atoms with van der Waals surface area (Å²) in [7, 11) is 1.80. The number of nitro benzene ring substituents is 1. The molecule has 0 bridgehead atoms. The number of rotatable bonds is 9. The van der Waals surface area contributed by atoms with Crippen LogP contribution in [0.5, 0.6) is 0 Å². The largest absolute Gasteiger partial charge is 0.353 e. The highest BCUT2D eigenvalue weighted by atomic mass is 16.6. The number of likely N-dealkylation sites (N-methyl/N-ethyl adjacent to an activating group) is 2. The van der Waals surface area contributed by atoms with E-state index in [1.807, 2.05) is 13.8 Å². The van der Waals surface area contributed by atoms with Crippen molar-refractivity contribution in [1.82, 2.24) is 15.1 Å². The Morgan fingerprint density at radius 1 is 1.31 bits per heavy atom. The van der Waals surface area contributed by atoms with Crippen molar-refractivity contribution >= 4 is 17.6 Å². The number of amides is 1. The minimum absolute atomic E-state index is 0.0286. The topological polar surface area (TPSA) is 91.1 Å². The Balaban J connectivity index is 2.83. The molecule has 26 heavy (non-hydrogen) atoms. The van der Waals surface area contributed by atoms with E-state index in [1.165, 1.54) is 12.1 Å².